The number of nitrogens with one attached hydrogen (secondary N) is 1. The van der Waals surface area contributed by atoms with E-state index in [1.807, 2.05) is 0 Å². The zero-order valence-electron chi connectivity index (χ0n) is 9.78. The Balaban J connectivity index is 1.59. The van der Waals surface area contributed by atoms with Crippen LogP contribution < -0.4 is 10.2 Å². The van der Waals surface area contributed by atoms with E-state index in [0.29, 0.717) is 0 Å². The lowest BCUT2D eigenvalue weighted by atomic mass is 10.2. The summed E-state index contributed by atoms with van der Waals surface area (Å²) in [6, 6.07) is 8.94. The van der Waals surface area contributed by atoms with E-state index < -0.39 is 0 Å². The molecule has 0 atom stereocenters. The number of benzene rings is 1. The van der Waals surface area contributed by atoms with Gasteiger partial charge in [0.1, 0.15) is 0 Å². The molecule has 1 aromatic rings. The molecule has 3 rings (SSSR count). The number of anilines is 2. The van der Waals surface area contributed by atoms with Crippen LogP contribution in [0.4, 0.5) is 11.4 Å². The summed E-state index contributed by atoms with van der Waals surface area (Å²) >= 11 is 0. The first-order chi connectivity index (χ1) is 7.92. The van der Waals surface area contributed by atoms with Crippen LogP contribution in [0.1, 0.15) is 25.7 Å². The van der Waals surface area contributed by atoms with Crippen molar-refractivity contribution < 1.29 is 0 Å². The summed E-state index contributed by atoms with van der Waals surface area (Å²) in [5.41, 5.74) is 2.66. The van der Waals surface area contributed by atoms with Crippen molar-refractivity contribution in [2.24, 2.45) is 5.92 Å². The second-order valence-corrected chi connectivity index (χ2v) is 5.07. The topological polar surface area (TPSA) is 15.3 Å². The third-order valence-corrected chi connectivity index (χ3v) is 3.63. The van der Waals surface area contributed by atoms with E-state index in [1.54, 1.807) is 0 Å². The highest BCUT2D eigenvalue weighted by Crippen LogP contribution is 2.29. The average Bonchev–Trinajstić information content (AvgIpc) is 3.00. The van der Waals surface area contributed by atoms with Gasteiger partial charge in [0, 0.05) is 31.0 Å². The van der Waals surface area contributed by atoms with Gasteiger partial charge < -0.3 is 10.2 Å². The summed E-state index contributed by atoms with van der Waals surface area (Å²) in [6.07, 6.45) is 5.53. The fraction of sp³-hybridized carbons (Fsp3) is 0.571. The lowest BCUT2D eigenvalue weighted by Crippen LogP contribution is -2.17. The van der Waals surface area contributed by atoms with Crippen LogP contribution in [0.2, 0.25) is 0 Å². The lowest BCUT2D eigenvalue weighted by Gasteiger charge is -2.17. The molecule has 2 heteroatoms. The van der Waals surface area contributed by atoms with E-state index in [0.717, 1.165) is 12.5 Å². The maximum atomic E-state index is 3.51. The highest BCUT2D eigenvalue weighted by atomic mass is 15.1. The number of hydrogen-bond acceptors (Lipinski definition) is 2. The van der Waals surface area contributed by atoms with Crippen LogP contribution >= 0.6 is 0 Å². The van der Waals surface area contributed by atoms with Crippen molar-refractivity contribution >= 4 is 11.4 Å². The van der Waals surface area contributed by atoms with Crippen LogP contribution in [0.25, 0.3) is 0 Å². The van der Waals surface area contributed by atoms with Crippen LogP contribution in [-0.4, -0.2) is 19.6 Å². The Morgan fingerprint density at radius 2 is 1.75 bits per heavy atom. The molecule has 1 N–H and O–H groups in total. The Morgan fingerprint density at radius 1 is 1.06 bits per heavy atom. The van der Waals surface area contributed by atoms with Crippen molar-refractivity contribution in [2.45, 2.75) is 25.7 Å². The number of nitrogens with zero attached hydrogens (tertiary/aromatic N) is 1. The first kappa shape index (κ1) is 10.0. The number of hydrogen-bond donors (Lipinski definition) is 1. The smallest absolute Gasteiger partial charge is 0.0367 e. The van der Waals surface area contributed by atoms with Gasteiger partial charge in [-0.2, -0.15) is 0 Å². The molecule has 0 unspecified atom stereocenters. The third kappa shape index (κ3) is 2.31. The lowest BCUT2D eigenvalue weighted by molar-refractivity contribution is 0.889. The van der Waals surface area contributed by atoms with Crippen LogP contribution in [0.3, 0.4) is 0 Å². The van der Waals surface area contributed by atoms with Crippen molar-refractivity contribution in [3.63, 3.8) is 0 Å². The minimum Gasteiger partial charge on any atom is -0.385 e. The van der Waals surface area contributed by atoms with E-state index in [9.17, 15) is 0 Å². The number of rotatable bonds is 4. The first-order valence-electron chi connectivity index (χ1n) is 6.51. The standard InChI is InChI=1S/C14H20N2/c1-2-10-16(9-1)14-7-5-13(6-8-14)15-11-12-3-4-12/h5-8,12,15H,1-4,9-11H2. The maximum absolute atomic E-state index is 3.51. The summed E-state index contributed by atoms with van der Waals surface area (Å²) in [7, 11) is 0. The molecule has 86 valence electrons. The molecule has 2 aliphatic rings. The minimum atomic E-state index is 0.943. The van der Waals surface area contributed by atoms with Gasteiger partial charge in [-0.25, -0.2) is 0 Å². The third-order valence-electron chi connectivity index (χ3n) is 3.63. The van der Waals surface area contributed by atoms with Gasteiger partial charge in [0.2, 0.25) is 0 Å². The van der Waals surface area contributed by atoms with E-state index >= 15 is 0 Å². The van der Waals surface area contributed by atoms with Gasteiger partial charge in [0.05, 0.1) is 0 Å². The Hall–Kier alpha value is -1.18. The van der Waals surface area contributed by atoms with Crippen molar-refractivity contribution in [3.05, 3.63) is 24.3 Å². The summed E-state index contributed by atoms with van der Waals surface area (Å²) in [5.74, 6) is 0.943. The molecule has 1 aliphatic carbocycles. The van der Waals surface area contributed by atoms with Gasteiger partial charge in [0.25, 0.3) is 0 Å². The molecule has 1 aromatic carbocycles. The predicted molar refractivity (Wildman–Crippen MR) is 69.1 cm³/mol. The molecule has 1 aliphatic heterocycles. The Bertz CT molecular complexity index is 334. The van der Waals surface area contributed by atoms with Gasteiger partial charge in [-0.15, -0.1) is 0 Å². The predicted octanol–water partition coefficient (Wildman–Crippen LogP) is 3.11. The highest BCUT2D eigenvalue weighted by molar-refractivity contribution is 5.55. The molecule has 1 heterocycles. The normalized spacial score (nSPS) is 20.1. The van der Waals surface area contributed by atoms with Crippen molar-refractivity contribution in [1.82, 2.24) is 0 Å². The van der Waals surface area contributed by atoms with Crippen molar-refractivity contribution in [2.75, 3.05) is 29.9 Å². The second kappa shape index (κ2) is 4.36. The van der Waals surface area contributed by atoms with Gasteiger partial charge in [0.15, 0.2) is 0 Å². The summed E-state index contributed by atoms with van der Waals surface area (Å²) in [5, 5.41) is 3.51. The quantitative estimate of drug-likeness (QED) is 0.832. The average molecular weight is 216 g/mol. The van der Waals surface area contributed by atoms with Gasteiger partial charge >= 0.3 is 0 Å². The molecule has 0 amide bonds. The molecule has 0 spiro atoms. The molecule has 1 saturated heterocycles. The first-order valence-corrected chi connectivity index (χ1v) is 6.51. The SMILES string of the molecule is c1cc(N2CCCC2)ccc1NCC1CC1. The fourth-order valence-corrected chi connectivity index (χ4v) is 2.35. The van der Waals surface area contributed by atoms with E-state index in [1.165, 1.54) is 50.1 Å². The van der Waals surface area contributed by atoms with Crippen LogP contribution in [-0.2, 0) is 0 Å². The zero-order valence-corrected chi connectivity index (χ0v) is 9.78. The Labute approximate surface area is 97.6 Å². The monoisotopic (exact) mass is 216 g/mol. The van der Waals surface area contributed by atoms with Crippen LogP contribution in [0.15, 0.2) is 24.3 Å². The van der Waals surface area contributed by atoms with Gasteiger partial charge in [-0.1, -0.05) is 0 Å². The van der Waals surface area contributed by atoms with E-state index in [-0.39, 0.29) is 0 Å². The molecule has 16 heavy (non-hydrogen) atoms. The fourth-order valence-electron chi connectivity index (χ4n) is 2.35. The maximum Gasteiger partial charge on any atom is 0.0367 e. The molecule has 1 saturated carbocycles. The van der Waals surface area contributed by atoms with Crippen LogP contribution in [0, 0.1) is 5.92 Å². The van der Waals surface area contributed by atoms with Crippen LogP contribution in [0.5, 0.6) is 0 Å². The largest absolute Gasteiger partial charge is 0.385 e. The van der Waals surface area contributed by atoms with E-state index in [2.05, 4.69) is 34.5 Å². The molecular weight excluding hydrogens is 196 g/mol. The molecule has 0 aromatic heterocycles. The molecule has 0 radical (unpaired) electrons. The molecule has 2 nitrogen and oxygen atoms in total. The van der Waals surface area contributed by atoms with Crippen molar-refractivity contribution in [1.29, 1.82) is 0 Å². The summed E-state index contributed by atoms with van der Waals surface area (Å²) in [6.45, 7) is 3.62. The minimum absolute atomic E-state index is 0.943. The summed E-state index contributed by atoms with van der Waals surface area (Å²) in [4.78, 5) is 2.48. The summed E-state index contributed by atoms with van der Waals surface area (Å²) < 4.78 is 0. The van der Waals surface area contributed by atoms with Crippen molar-refractivity contribution in [3.8, 4) is 0 Å². The Kier molecular flexibility index (Phi) is 2.73. The van der Waals surface area contributed by atoms with E-state index in [4.69, 9.17) is 0 Å². The zero-order chi connectivity index (χ0) is 10.8. The molecular formula is C14H20N2. The van der Waals surface area contributed by atoms with Gasteiger partial charge in [-0.05, 0) is 55.9 Å². The second-order valence-electron chi connectivity index (χ2n) is 5.07. The highest BCUT2D eigenvalue weighted by Gasteiger charge is 2.20. The van der Waals surface area contributed by atoms with Gasteiger partial charge in [-0.3, -0.25) is 0 Å². The molecule has 0 bridgehead atoms. The molecule has 2 fully saturated rings. The Morgan fingerprint density at radius 3 is 2.38 bits per heavy atom.